The molecule has 2 heteroatoms. The largest absolute Gasteiger partial charge is 0.370 e. The number of nitrogens with zero attached hydrogens (tertiary/aromatic N) is 1. The Morgan fingerprint density at radius 3 is 2.75 bits per heavy atom. The smallest absolute Gasteiger partial charge is 0.0369 e. The fourth-order valence-corrected chi connectivity index (χ4v) is 3.34. The number of aryl methyl sites for hydroxylation is 1. The van der Waals surface area contributed by atoms with E-state index < -0.39 is 0 Å². The van der Waals surface area contributed by atoms with Gasteiger partial charge >= 0.3 is 0 Å². The number of nitrogens with one attached hydrogen (secondary N) is 1. The van der Waals surface area contributed by atoms with E-state index in [1.165, 1.54) is 56.6 Å². The molecule has 2 fully saturated rings. The van der Waals surface area contributed by atoms with E-state index in [2.05, 4.69) is 48.3 Å². The Bertz CT molecular complexity index is 439. The van der Waals surface area contributed by atoms with Gasteiger partial charge in [0.15, 0.2) is 0 Å². The molecule has 3 rings (SSSR count). The molecular weight excluding hydrogens is 244 g/mol. The second-order valence-corrected chi connectivity index (χ2v) is 6.80. The van der Waals surface area contributed by atoms with Crippen molar-refractivity contribution in [3.8, 4) is 0 Å². The van der Waals surface area contributed by atoms with Crippen molar-refractivity contribution in [3.63, 3.8) is 0 Å². The van der Waals surface area contributed by atoms with Crippen molar-refractivity contribution in [1.82, 2.24) is 5.32 Å². The van der Waals surface area contributed by atoms with Crippen LogP contribution in [0.5, 0.6) is 0 Å². The summed E-state index contributed by atoms with van der Waals surface area (Å²) in [7, 11) is 0. The first kappa shape index (κ1) is 13.9. The van der Waals surface area contributed by atoms with Crippen LogP contribution in [0.2, 0.25) is 0 Å². The zero-order chi connectivity index (χ0) is 13.9. The van der Waals surface area contributed by atoms with Crippen LogP contribution in [0.3, 0.4) is 0 Å². The molecule has 1 aliphatic carbocycles. The van der Waals surface area contributed by atoms with E-state index in [9.17, 15) is 0 Å². The summed E-state index contributed by atoms with van der Waals surface area (Å²) in [6.07, 6.45) is 5.53. The van der Waals surface area contributed by atoms with Crippen LogP contribution in [-0.4, -0.2) is 25.7 Å². The summed E-state index contributed by atoms with van der Waals surface area (Å²) in [5.74, 6) is 1.81. The molecule has 1 aromatic rings. The number of hydrogen-bond donors (Lipinski definition) is 1. The lowest BCUT2D eigenvalue weighted by molar-refractivity contribution is 0.324. The second kappa shape index (κ2) is 6.17. The Morgan fingerprint density at radius 2 is 2.05 bits per heavy atom. The van der Waals surface area contributed by atoms with Crippen molar-refractivity contribution in [2.45, 2.75) is 45.6 Å². The standard InChI is InChI=1S/C18H28N2/c1-3-15-10-17(19-11-16-7-8-16)13-20(12-15)18-6-4-5-14(2)9-18/h4-6,9,15-17,19H,3,7-8,10-13H2,1-2H3. The molecule has 0 bridgehead atoms. The Kier molecular flexibility index (Phi) is 4.30. The number of rotatable bonds is 5. The topological polar surface area (TPSA) is 15.3 Å². The van der Waals surface area contributed by atoms with Crippen molar-refractivity contribution < 1.29 is 0 Å². The van der Waals surface area contributed by atoms with E-state index in [-0.39, 0.29) is 0 Å². The van der Waals surface area contributed by atoms with Crippen LogP contribution >= 0.6 is 0 Å². The molecular formula is C18H28N2. The lowest BCUT2D eigenvalue weighted by Crippen LogP contribution is -2.49. The zero-order valence-corrected chi connectivity index (χ0v) is 12.9. The summed E-state index contributed by atoms with van der Waals surface area (Å²) >= 11 is 0. The van der Waals surface area contributed by atoms with Gasteiger partial charge in [0.25, 0.3) is 0 Å². The molecule has 1 N–H and O–H groups in total. The highest BCUT2D eigenvalue weighted by Crippen LogP contribution is 2.29. The highest BCUT2D eigenvalue weighted by molar-refractivity contribution is 5.49. The number of benzene rings is 1. The Balaban J connectivity index is 1.65. The minimum absolute atomic E-state index is 0.676. The molecule has 0 radical (unpaired) electrons. The van der Waals surface area contributed by atoms with Gasteiger partial charge in [0.2, 0.25) is 0 Å². The molecule has 110 valence electrons. The summed E-state index contributed by atoms with van der Waals surface area (Å²) in [5, 5.41) is 3.82. The minimum atomic E-state index is 0.676. The third kappa shape index (κ3) is 3.54. The fraction of sp³-hybridized carbons (Fsp3) is 0.667. The first-order valence-electron chi connectivity index (χ1n) is 8.29. The van der Waals surface area contributed by atoms with Crippen molar-refractivity contribution in [3.05, 3.63) is 29.8 Å². The molecule has 1 heterocycles. The Hall–Kier alpha value is -1.02. The van der Waals surface area contributed by atoms with Gasteiger partial charge < -0.3 is 10.2 Å². The molecule has 20 heavy (non-hydrogen) atoms. The van der Waals surface area contributed by atoms with Gasteiger partial charge in [0.05, 0.1) is 0 Å². The predicted octanol–water partition coefficient (Wildman–Crippen LogP) is 3.60. The minimum Gasteiger partial charge on any atom is -0.370 e. The van der Waals surface area contributed by atoms with Gasteiger partial charge in [0.1, 0.15) is 0 Å². The van der Waals surface area contributed by atoms with Gasteiger partial charge in [-0.1, -0.05) is 25.5 Å². The van der Waals surface area contributed by atoms with E-state index >= 15 is 0 Å². The molecule has 2 atom stereocenters. The number of piperidine rings is 1. The van der Waals surface area contributed by atoms with Crippen LogP contribution in [0.25, 0.3) is 0 Å². The SMILES string of the molecule is CCC1CC(NCC2CC2)CN(c2cccc(C)c2)C1. The first-order chi connectivity index (χ1) is 9.74. The van der Waals surface area contributed by atoms with Gasteiger partial charge in [0, 0.05) is 24.8 Å². The average Bonchev–Trinajstić information content (AvgIpc) is 3.29. The van der Waals surface area contributed by atoms with Crippen molar-refractivity contribution in [1.29, 1.82) is 0 Å². The Labute approximate surface area is 123 Å². The van der Waals surface area contributed by atoms with Gasteiger partial charge in [-0.2, -0.15) is 0 Å². The fourth-order valence-electron chi connectivity index (χ4n) is 3.34. The normalized spacial score (nSPS) is 26.8. The van der Waals surface area contributed by atoms with Crippen LogP contribution < -0.4 is 10.2 Å². The molecule has 1 aliphatic heterocycles. The summed E-state index contributed by atoms with van der Waals surface area (Å²) < 4.78 is 0. The van der Waals surface area contributed by atoms with Crippen molar-refractivity contribution in [2.24, 2.45) is 11.8 Å². The van der Waals surface area contributed by atoms with Crippen LogP contribution in [0.15, 0.2) is 24.3 Å². The highest BCUT2D eigenvalue weighted by atomic mass is 15.2. The van der Waals surface area contributed by atoms with E-state index in [0.717, 1.165) is 11.8 Å². The van der Waals surface area contributed by atoms with Gasteiger partial charge in [-0.25, -0.2) is 0 Å². The molecule has 0 amide bonds. The maximum absolute atomic E-state index is 3.82. The summed E-state index contributed by atoms with van der Waals surface area (Å²) in [5.41, 5.74) is 2.77. The van der Waals surface area contributed by atoms with E-state index in [4.69, 9.17) is 0 Å². The molecule has 0 spiro atoms. The molecule has 0 aromatic heterocycles. The predicted molar refractivity (Wildman–Crippen MR) is 86.3 cm³/mol. The lowest BCUT2D eigenvalue weighted by Gasteiger charge is -2.39. The van der Waals surface area contributed by atoms with Crippen molar-refractivity contribution in [2.75, 3.05) is 24.5 Å². The Morgan fingerprint density at radius 1 is 1.20 bits per heavy atom. The van der Waals surface area contributed by atoms with Gasteiger partial charge in [-0.05, 0) is 62.3 Å². The van der Waals surface area contributed by atoms with Crippen LogP contribution in [0, 0.1) is 18.8 Å². The highest BCUT2D eigenvalue weighted by Gasteiger charge is 2.28. The van der Waals surface area contributed by atoms with E-state index in [1.54, 1.807) is 0 Å². The third-order valence-corrected chi connectivity index (χ3v) is 4.87. The third-order valence-electron chi connectivity index (χ3n) is 4.87. The summed E-state index contributed by atoms with van der Waals surface area (Å²) in [6, 6.07) is 9.65. The van der Waals surface area contributed by atoms with E-state index in [0.29, 0.717) is 6.04 Å². The van der Waals surface area contributed by atoms with Gasteiger partial charge in [-0.3, -0.25) is 0 Å². The molecule has 1 saturated carbocycles. The number of hydrogen-bond acceptors (Lipinski definition) is 2. The lowest BCUT2D eigenvalue weighted by atomic mass is 9.91. The molecule has 2 unspecified atom stereocenters. The van der Waals surface area contributed by atoms with Gasteiger partial charge in [-0.15, -0.1) is 0 Å². The van der Waals surface area contributed by atoms with Crippen LogP contribution in [0.1, 0.15) is 38.2 Å². The quantitative estimate of drug-likeness (QED) is 0.881. The van der Waals surface area contributed by atoms with E-state index in [1.807, 2.05) is 0 Å². The maximum atomic E-state index is 3.82. The summed E-state index contributed by atoms with van der Waals surface area (Å²) in [4.78, 5) is 2.59. The van der Waals surface area contributed by atoms with Crippen molar-refractivity contribution >= 4 is 5.69 Å². The maximum Gasteiger partial charge on any atom is 0.0369 e. The average molecular weight is 272 g/mol. The number of anilines is 1. The molecule has 1 saturated heterocycles. The van der Waals surface area contributed by atoms with Crippen LogP contribution in [0.4, 0.5) is 5.69 Å². The second-order valence-electron chi connectivity index (χ2n) is 6.80. The zero-order valence-electron chi connectivity index (χ0n) is 12.9. The monoisotopic (exact) mass is 272 g/mol. The summed E-state index contributed by atoms with van der Waals surface area (Å²) in [6.45, 7) is 8.16. The first-order valence-corrected chi connectivity index (χ1v) is 8.29. The molecule has 2 nitrogen and oxygen atoms in total. The molecule has 1 aromatic carbocycles. The molecule has 2 aliphatic rings. The van der Waals surface area contributed by atoms with Crippen LogP contribution in [-0.2, 0) is 0 Å².